The van der Waals surface area contributed by atoms with E-state index >= 15 is 0 Å². The molecule has 4 rings (SSSR count). The number of aryl methyl sites for hydroxylation is 2. The van der Waals surface area contributed by atoms with Crippen LogP contribution in [-0.2, 0) is 19.3 Å². The van der Waals surface area contributed by atoms with Crippen molar-refractivity contribution in [2.75, 3.05) is 0 Å². The highest BCUT2D eigenvalue weighted by Crippen LogP contribution is 2.38. The van der Waals surface area contributed by atoms with E-state index in [9.17, 15) is 15.0 Å². The van der Waals surface area contributed by atoms with Crippen molar-refractivity contribution in [2.45, 2.75) is 19.3 Å². The Morgan fingerprint density at radius 3 is 2.37 bits per heavy atom. The Kier molecular flexibility index (Phi) is 4.13. The van der Waals surface area contributed by atoms with Gasteiger partial charge in [0, 0.05) is 0 Å². The van der Waals surface area contributed by atoms with Gasteiger partial charge in [-0.2, -0.15) is 5.26 Å². The predicted octanol–water partition coefficient (Wildman–Crippen LogP) is 3.89. The van der Waals surface area contributed by atoms with E-state index in [1.807, 2.05) is 30.3 Å². The quantitative estimate of drug-likeness (QED) is 0.584. The average molecular weight is 355 g/mol. The second-order valence-corrected chi connectivity index (χ2v) is 6.73. The molecule has 2 N–H and O–H groups in total. The van der Waals surface area contributed by atoms with Crippen molar-refractivity contribution in [2.24, 2.45) is 0 Å². The van der Waals surface area contributed by atoms with Crippen LogP contribution in [-0.4, -0.2) is 16.0 Å². The highest BCUT2D eigenvalue weighted by Gasteiger charge is 2.29. The van der Waals surface area contributed by atoms with E-state index in [2.05, 4.69) is 6.07 Å². The zero-order chi connectivity index (χ0) is 19.0. The molecule has 0 unspecified atom stereocenters. The second-order valence-electron chi connectivity index (χ2n) is 6.73. The molecule has 3 aromatic rings. The summed E-state index contributed by atoms with van der Waals surface area (Å²) >= 11 is 0. The van der Waals surface area contributed by atoms with Gasteiger partial charge < -0.3 is 10.2 Å². The number of nitrogens with zero attached hydrogens (tertiary/aromatic N) is 1. The molecule has 27 heavy (non-hydrogen) atoms. The second kappa shape index (κ2) is 6.62. The lowest BCUT2D eigenvalue weighted by Gasteiger charge is -2.21. The number of carbonyl (C=O) groups excluding carboxylic acids is 1. The molecule has 1 aliphatic rings. The van der Waals surface area contributed by atoms with Gasteiger partial charge in [-0.15, -0.1) is 0 Å². The third kappa shape index (κ3) is 2.94. The fourth-order valence-corrected chi connectivity index (χ4v) is 3.63. The molecule has 1 aliphatic carbocycles. The van der Waals surface area contributed by atoms with Crippen molar-refractivity contribution < 1.29 is 15.0 Å². The normalized spacial score (nSPS) is 12.2. The van der Waals surface area contributed by atoms with Gasteiger partial charge in [-0.05, 0) is 59.7 Å². The Labute approximate surface area is 157 Å². The summed E-state index contributed by atoms with van der Waals surface area (Å²) in [5, 5.41) is 29.7. The molecule has 0 radical (unpaired) electrons. The summed E-state index contributed by atoms with van der Waals surface area (Å²) in [4.78, 5) is 12.9. The van der Waals surface area contributed by atoms with E-state index in [1.54, 1.807) is 18.2 Å². The van der Waals surface area contributed by atoms with Crippen LogP contribution >= 0.6 is 0 Å². The van der Waals surface area contributed by atoms with Crippen LogP contribution in [0.3, 0.4) is 0 Å². The Morgan fingerprint density at radius 2 is 1.63 bits per heavy atom. The van der Waals surface area contributed by atoms with Crippen LogP contribution in [0.15, 0.2) is 54.6 Å². The zero-order valence-electron chi connectivity index (χ0n) is 14.6. The maximum absolute atomic E-state index is 12.9. The van der Waals surface area contributed by atoms with Crippen LogP contribution in [0.2, 0.25) is 0 Å². The molecular weight excluding hydrogens is 338 g/mol. The molecular formula is C23H17NO3. The third-order valence-corrected chi connectivity index (χ3v) is 5.08. The van der Waals surface area contributed by atoms with Gasteiger partial charge in [0.25, 0.3) is 0 Å². The summed E-state index contributed by atoms with van der Waals surface area (Å²) in [6.07, 6.45) is 1.77. The maximum Gasteiger partial charge on any atom is 0.201 e. The number of phenols is 2. The van der Waals surface area contributed by atoms with Gasteiger partial charge in [0.05, 0.1) is 22.8 Å². The van der Waals surface area contributed by atoms with Crippen LogP contribution in [0.4, 0.5) is 0 Å². The van der Waals surface area contributed by atoms with Crippen LogP contribution < -0.4 is 0 Å². The Bertz CT molecular complexity index is 1090. The first-order chi connectivity index (χ1) is 13.1. The fraction of sp³-hybridized carbons (Fsp3) is 0.130. The summed E-state index contributed by atoms with van der Waals surface area (Å²) in [7, 11) is 0. The van der Waals surface area contributed by atoms with Crippen LogP contribution in [0.5, 0.6) is 11.5 Å². The largest absolute Gasteiger partial charge is 0.507 e. The maximum atomic E-state index is 12.9. The zero-order valence-corrected chi connectivity index (χ0v) is 14.6. The molecule has 0 aromatic heterocycles. The Hall–Kier alpha value is -3.58. The van der Waals surface area contributed by atoms with Gasteiger partial charge in [0.1, 0.15) is 11.5 Å². The first-order valence-corrected chi connectivity index (χ1v) is 8.77. The first-order valence-electron chi connectivity index (χ1n) is 8.77. The van der Waals surface area contributed by atoms with Crippen molar-refractivity contribution in [3.63, 3.8) is 0 Å². The van der Waals surface area contributed by atoms with Gasteiger partial charge in [-0.1, -0.05) is 36.4 Å². The predicted molar refractivity (Wildman–Crippen MR) is 101 cm³/mol. The molecule has 0 heterocycles. The van der Waals surface area contributed by atoms with Crippen molar-refractivity contribution in [1.29, 1.82) is 5.26 Å². The molecule has 0 aliphatic heterocycles. The van der Waals surface area contributed by atoms with Gasteiger partial charge in [-0.25, -0.2) is 0 Å². The number of nitriles is 1. The lowest BCUT2D eigenvalue weighted by molar-refractivity contribution is 0.102. The Morgan fingerprint density at radius 1 is 0.889 bits per heavy atom. The van der Waals surface area contributed by atoms with Crippen LogP contribution in [0, 0.1) is 11.3 Å². The number of carbonyl (C=O) groups is 1. The van der Waals surface area contributed by atoms with Crippen molar-refractivity contribution >= 4 is 5.78 Å². The number of ketones is 1. The third-order valence-electron chi connectivity index (χ3n) is 5.08. The summed E-state index contributed by atoms with van der Waals surface area (Å²) in [6.45, 7) is 0. The smallest absolute Gasteiger partial charge is 0.201 e. The van der Waals surface area contributed by atoms with Crippen LogP contribution in [0.1, 0.15) is 43.7 Å². The molecule has 0 saturated carbocycles. The molecule has 0 spiro atoms. The molecule has 0 saturated heterocycles. The van der Waals surface area contributed by atoms with Gasteiger partial charge in [-0.3, -0.25) is 4.79 Å². The molecule has 4 heteroatoms. The standard InChI is InChI=1S/C23H17NO3/c24-13-15-6-4-14(5-7-15)8-9-16-10-11-18-12-17-2-1-3-19(25)20(17)23(27)21(18)22(16)26/h1-7,10-11,25-26H,8-9,12H2. The lowest BCUT2D eigenvalue weighted by atomic mass is 9.82. The molecule has 4 nitrogen and oxygen atoms in total. The van der Waals surface area contributed by atoms with Crippen molar-refractivity contribution in [1.82, 2.24) is 0 Å². The van der Waals surface area contributed by atoms with E-state index < -0.39 is 0 Å². The Balaban J connectivity index is 1.63. The van der Waals surface area contributed by atoms with E-state index in [0.717, 1.165) is 16.7 Å². The minimum atomic E-state index is -0.331. The molecule has 0 fully saturated rings. The highest BCUT2D eigenvalue weighted by molar-refractivity contribution is 6.15. The minimum absolute atomic E-state index is 0.0000445. The number of hydrogen-bond acceptors (Lipinski definition) is 4. The summed E-state index contributed by atoms with van der Waals surface area (Å²) in [6, 6.07) is 18.2. The first kappa shape index (κ1) is 16.9. The molecule has 0 atom stereocenters. The topological polar surface area (TPSA) is 81.3 Å². The number of fused-ring (bicyclic) bond motifs is 2. The van der Waals surface area contributed by atoms with Gasteiger partial charge >= 0.3 is 0 Å². The number of rotatable bonds is 3. The summed E-state index contributed by atoms with van der Waals surface area (Å²) < 4.78 is 0. The fourth-order valence-electron chi connectivity index (χ4n) is 3.63. The van der Waals surface area contributed by atoms with Crippen molar-refractivity contribution in [3.05, 3.63) is 93.5 Å². The summed E-state index contributed by atoms with van der Waals surface area (Å²) in [5.74, 6) is -0.382. The minimum Gasteiger partial charge on any atom is -0.507 e. The van der Waals surface area contributed by atoms with Crippen molar-refractivity contribution in [3.8, 4) is 17.6 Å². The van der Waals surface area contributed by atoms with Crippen LogP contribution in [0.25, 0.3) is 0 Å². The molecule has 3 aromatic carbocycles. The molecule has 0 bridgehead atoms. The summed E-state index contributed by atoms with van der Waals surface area (Å²) in [5.41, 5.74) is 4.49. The SMILES string of the molecule is N#Cc1ccc(CCc2ccc3c(c2O)C(=O)c2c(O)cccc2C3)cc1. The van der Waals surface area contributed by atoms with Gasteiger partial charge in [0.15, 0.2) is 0 Å². The van der Waals surface area contributed by atoms with E-state index in [4.69, 9.17) is 5.26 Å². The molecule has 132 valence electrons. The molecule has 0 amide bonds. The number of phenolic OH excluding ortho intramolecular Hbond substituents is 2. The van der Waals surface area contributed by atoms with E-state index in [-0.39, 0.29) is 22.8 Å². The monoisotopic (exact) mass is 355 g/mol. The van der Waals surface area contributed by atoms with Gasteiger partial charge in [0.2, 0.25) is 5.78 Å². The number of benzene rings is 3. The average Bonchev–Trinajstić information content (AvgIpc) is 2.68. The highest BCUT2D eigenvalue weighted by atomic mass is 16.3. The number of aromatic hydroxyl groups is 2. The number of hydrogen-bond donors (Lipinski definition) is 2. The lowest BCUT2D eigenvalue weighted by Crippen LogP contribution is -2.16. The van der Waals surface area contributed by atoms with E-state index in [0.29, 0.717) is 36.0 Å². The van der Waals surface area contributed by atoms with E-state index in [1.165, 1.54) is 6.07 Å².